The first-order valence-electron chi connectivity index (χ1n) is 27.8. The molecule has 0 bridgehead atoms. The van der Waals surface area contributed by atoms with Crippen LogP contribution in [0.5, 0.6) is 17.2 Å². The van der Waals surface area contributed by atoms with Crippen LogP contribution in [0.2, 0.25) is 5.15 Å². The molecular formula is C58H60Cl7F6N13O9. The Morgan fingerprint density at radius 3 is 1.62 bits per heavy atom. The molecule has 35 heteroatoms. The first kappa shape index (κ1) is 75.0. The number of carbonyl (C=O) groups is 5. The molecular weight excluding hydrogens is 1380 g/mol. The van der Waals surface area contributed by atoms with Gasteiger partial charge in [-0.15, -0.1) is 0 Å². The zero-order chi connectivity index (χ0) is 68.3. The molecule has 6 N–H and O–H groups in total. The number of pyridine rings is 1. The smallest absolute Gasteiger partial charge is 0.417 e. The van der Waals surface area contributed by atoms with E-state index in [1.165, 1.54) is 55.4 Å². The number of anilines is 3. The first-order valence-corrected chi connectivity index (χ1v) is 30.4. The number of carbonyl (C=O) groups excluding carboxylic acids is 5. The van der Waals surface area contributed by atoms with Gasteiger partial charge in [0.15, 0.2) is 16.8 Å². The summed E-state index contributed by atoms with van der Waals surface area (Å²) >= 11 is 37.5. The summed E-state index contributed by atoms with van der Waals surface area (Å²) < 4.78 is 94.3. The molecule has 2 unspecified atom stereocenters. The fourth-order valence-electron chi connectivity index (χ4n) is 8.88. The van der Waals surface area contributed by atoms with Crippen molar-refractivity contribution in [3.05, 3.63) is 149 Å². The van der Waals surface area contributed by atoms with E-state index in [4.69, 9.17) is 106 Å². The number of alkyl halides is 12. The van der Waals surface area contributed by atoms with Gasteiger partial charge < -0.3 is 45.5 Å². The molecule has 2 saturated heterocycles. The third kappa shape index (κ3) is 24.4. The van der Waals surface area contributed by atoms with Crippen LogP contribution >= 0.6 is 81.2 Å². The molecule has 7 heterocycles. The Morgan fingerprint density at radius 1 is 0.624 bits per heavy atom. The van der Waals surface area contributed by atoms with Crippen LogP contribution in [0.15, 0.2) is 116 Å². The van der Waals surface area contributed by atoms with Crippen molar-refractivity contribution >= 4 is 128 Å². The topological polar surface area (TPSA) is 271 Å². The number of hydrogen-bond donors (Lipinski definition) is 5. The Balaban J connectivity index is 0.000000189. The third-order valence-electron chi connectivity index (χ3n) is 13.1. The predicted molar refractivity (Wildman–Crippen MR) is 338 cm³/mol. The van der Waals surface area contributed by atoms with Crippen LogP contribution in [-0.2, 0) is 26.7 Å². The summed E-state index contributed by atoms with van der Waals surface area (Å²) in [4.78, 5) is 81.6. The van der Waals surface area contributed by atoms with Crippen molar-refractivity contribution in [2.24, 2.45) is 5.73 Å². The van der Waals surface area contributed by atoms with Gasteiger partial charge in [-0.05, 0) is 69.3 Å². The second kappa shape index (κ2) is 33.9. The number of nitrogens with two attached hydrogens (primary N) is 1. The average molecular weight is 1450 g/mol. The standard InChI is InChI=1S/C19H25F3N2O3.C14H17F3N2O.C13H11N3O3.C6H3Cl4N3O.C6H4Cl3N3O/c1-18(2,3)27-17(25)24-9-7-23(8-10-24)15-6-11-26-16-12-13(19(20,21)22)4-5-14(15)16;15-14(16,17)10-1-2-11-12(3-8-20-13(11)9-10)19-6-4-18-5-7-19;14-12(17)11-7-6-9(8-15-11)16-13(18)19-10-4-2-1-3-5-10;7-3-4(12-2-1-11-3)13-5(14)6(8,9)10;7-6(8,9)5(13)12-4-3-10-1-2-11-4/h4-5,12,15H,6-11H2,1-3H3;1-2,9,12,18H,3-8H2;1-8H,(H2,14,17)(H,16,18);1-2H,(H,12,13,14);1-3H,(H,11,12,13). The maximum Gasteiger partial charge on any atom is 0.417 e. The monoisotopic (exact) mass is 1440 g/mol. The van der Waals surface area contributed by atoms with Gasteiger partial charge in [-0.2, -0.15) is 26.3 Å². The summed E-state index contributed by atoms with van der Waals surface area (Å²) in [5, 5.41) is 10.3. The molecule has 10 rings (SSSR count). The van der Waals surface area contributed by atoms with Crippen LogP contribution in [-0.4, -0.2) is 148 Å². The molecule has 502 valence electrons. The normalized spacial score (nSPS) is 16.6. The molecule has 5 amide bonds. The lowest BCUT2D eigenvalue weighted by Gasteiger charge is -2.41. The number of benzene rings is 3. The van der Waals surface area contributed by atoms with Gasteiger partial charge in [0, 0.05) is 113 Å². The summed E-state index contributed by atoms with van der Waals surface area (Å²) in [5.41, 5.74) is 5.37. The number of amides is 5. The lowest BCUT2D eigenvalue weighted by molar-refractivity contribution is -0.138. The van der Waals surface area contributed by atoms with Gasteiger partial charge in [0.25, 0.3) is 25.3 Å². The lowest BCUT2D eigenvalue weighted by Crippen LogP contribution is -2.51. The highest BCUT2D eigenvalue weighted by atomic mass is 35.6. The van der Waals surface area contributed by atoms with Crippen molar-refractivity contribution in [2.75, 3.05) is 81.5 Å². The summed E-state index contributed by atoms with van der Waals surface area (Å²) in [6, 6.07) is 19.3. The molecule has 6 aromatic rings. The van der Waals surface area contributed by atoms with Gasteiger partial charge >= 0.3 is 24.5 Å². The fourth-order valence-corrected chi connectivity index (χ4v) is 9.31. The Bertz CT molecular complexity index is 3460. The van der Waals surface area contributed by atoms with Crippen LogP contribution in [0.3, 0.4) is 0 Å². The van der Waals surface area contributed by atoms with E-state index in [0.29, 0.717) is 68.7 Å². The summed E-state index contributed by atoms with van der Waals surface area (Å²) in [6.45, 7) is 12.4. The SMILES string of the molecule is CC(C)(C)OC(=O)N1CCN(C2CCOc3cc(C(F)(F)F)ccc32)CC1.FC(F)(F)c1ccc2c(c1)OCCC2N1CCNCC1.NC(=O)c1ccc(NC(=O)Oc2ccccc2)cn1.O=C(Nc1cnccn1)C(Cl)(Cl)Cl.O=C(Nc1nccnc1Cl)C(Cl)(Cl)Cl. The van der Waals surface area contributed by atoms with E-state index < -0.39 is 60.5 Å². The average Bonchev–Trinajstić information content (AvgIpc) is 0.801. The summed E-state index contributed by atoms with van der Waals surface area (Å²) in [5.74, 6) is -0.836. The minimum absolute atomic E-state index is 0.00294. The number of rotatable bonds is 7. The molecule has 0 aliphatic carbocycles. The van der Waals surface area contributed by atoms with Gasteiger partial charge in [0.2, 0.25) is 0 Å². The van der Waals surface area contributed by atoms with Gasteiger partial charge in [-0.25, -0.2) is 29.5 Å². The maximum absolute atomic E-state index is 12.9. The number of hydrogen-bond acceptors (Lipinski definition) is 17. The Labute approximate surface area is 564 Å². The predicted octanol–water partition coefficient (Wildman–Crippen LogP) is 12.5. The second-order valence-electron chi connectivity index (χ2n) is 20.9. The highest BCUT2D eigenvalue weighted by Gasteiger charge is 2.38. The van der Waals surface area contributed by atoms with Gasteiger partial charge in [0.05, 0.1) is 42.4 Å². The zero-order valence-corrected chi connectivity index (χ0v) is 54.6. The van der Waals surface area contributed by atoms with Crippen molar-refractivity contribution in [2.45, 2.75) is 71.2 Å². The number of para-hydroxylation sites is 1. The largest absolute Gasteiger partial charge is 0.493 e. The molecule has 0 saturated carbocycles. The van der Waals surface area contributed by atoms with Gasteiger partial charge in [-0.1, -0.05) is 112 Å². The Kier molecular flexibility index (Phi) is 27.4. The molecule has 4 aliphatic heterocycles. The van der Waals surface area contributed by atoms with E-state index in [0.717, 1.165) is 68.0 Å². The van der Waals surface area contributed by atoms with Gasteiger partial charge in [-0.3, -0.25) is 34.5 Å². The number of aromatic nitrogens is 5. The van der Waals surface area contributed by atoms with E-state index in [1.807, 2.05) is 26.8 Å². The number of fused-ring (bicyclic) bond motifs is 2. The van der Waals surface area contributed by atoms with Crippen molar-refractivity contribution in [1.82, 2.24) is 44.9 Å². The maximum atomic E-state index is 12.9. The van der Waals surface area contributed by atoms with Crippen molar-refractivity contribution < 1.29 is 69.3 Å². The molecule has 3 aromatic carbocycles. The highest BCUT2D eigenvalue weighted by Crippen LogP contribution is 2.42. The number of piperazine rings is 2. The van der Waals surface area contributed by atoms with Crippen LogP contribution < -0.4 is 41.2 Å². The van der Waals surface area contributed by atoms with E-state index in [-0.39, 0.29) is 40.7 Å². The van der Waals surface area contributed by atoms with E-state index in [9.17, 15) is 50.3 Å². The number of primary amides is 1. The molecule has 4 aliphatic rings. The molecule has 22 nitrogen and oxygen atoms in total. The molecule has 0 spiro atoms. The summed E-state index contributed by atoms with van der Waals surface area (Å²) in [6.07, 6.45) is 0.130. The quantitative estimate of drug-likeness (QED) is 0.0734. The summed E-state index contributed by atoms with van der Waals surface area (Å²) in [7, 11) is 0. The Hall–Kier alpha value is -6.99. The number of nitrogens with one attached hydrogen (secondary N) is 4. The molecule has 3 aromatic heterocycles. The van der Waals surface area contributed by atoms with Crippen molar-refractivity contribution in [1.29, 1.82) is 0 Å². The zero-order valence-electron chi connectivity index (χ0n) is 49.4. The third-order valence-corrected chi connectivity index (χ3v) is 14.4. The van der Waals surface area contributed by atoms with Gasteiger partial charge in [0.1, 0.15) is 28.5 Å². The van der Waals surface area contributed by atoms with Crippen LogP contribution in [0.1, 0.15) is 78.4 Å². The molecule has 2 fully saturated rings. The van der Waals surface area contributed by atoms with Crippen LogP contribution in [0.4, 0.5) is 53.3 Å². The molecule has 0 radical (unpaired) electrons. The number of halogens is 13. The minimum atomic E-state index is -4.38. The van der Waals surface area contributed by atoms with Crippen LogP contribution in [0.25, 0.3) is 0 Å². The number of ether oxygens (including phenoxy) is 4. The lowest BCUT2D eigenvalue weighted by atomic mass is 9.96. The molecule has 93 heavy (non-hydrogen) atoms. The van der Waals surface area contributed by atoms with Crippen LogP contribution in [0, 0.1) is 0 Å². The second-order valence-corrected chi connectivity index (χ2v) is 25.8. The highest BCUT2D eigenvalue weighted by molar-refractivity contribution is 6.77. The van der Waals surface area contributed by atoms with E-state index >= 15 is 0 Å². The van der Waals surface area contributed by atoms with E-state index in [1.54, 1.807) is 35.2 Å². The number of nitrogens with zero attached hydrogens (tertiary/aromatic N) is 8. The minimum Gasteiger partial charge on any atom is -0.493 e. The molecule has 2 atom stereocenters. The first-order chi connectivity index (χ1) is 43.7. The van der Waals surface area contributed by atoms with E-state index in [2.05, 4.69) is 56.0 Å². The fraction of sp³-hybridized carbons (Fsp3) is 0.379. The van der Waals surface area contributed by atoms with Crippen molar-refractivity contribution in [3.63, 3.8) is 0 Å². The van der Waals surface area contributed by atoms with Crippen molar-refractivity contribution in [3.8, 4) is 17.2 Å². The Morgan fingerprint density at radius 2 is 1.15 bits per heavy atom.